The number of amides is 1. The van der Waals surface area contributed by atoms with Gasteiger partial charge >= 0.3 is 0 Å². The van der Waals surface area contributed by atoms with Gasteiger partial charge in [-0.2, -0.15) is 0 Å². The highest BCUT2D eigenvalue weighted by molar-refractivity contribution is 6.08. The Hall–Kier alpha value is -3.81. The van der Waals surface area contributed by atoms with Crippen LogP contribution in [-0.2, 0) is 9.47 Å². The van der Waals surface area contributed by atoms with Gasteiger partial charge in [-0.25, -0.2) is 9.97 Å². The summed E-state index contributed by atoms with van der Waals surface area (Å²) in [6.45, 7) is 9.57. The van der Waals surface area contributed by atoms with Crippen molar-refractivity contribution in [2.75, 3.05) is 18.1 Å². The monoisotopic (exact) mass is 522 g/mol. The Balaban J connectivity index is 1.40. The van der Waals surface area contributed by atoms with Crippen LogP contribution in [0.25, 0.3) is 27.9 Å². The van der Waals surface area contributed by atoms with E-state index in [-0.39, 0.29) is 5.91 Å². The molecule has 1 aliphatic carbocycles. The first-order valence-corrected chi connectivity index (χ1v) is 13.6. The van der Waals surface area contributed by atoms with Gasteiger partial charge in [0, 0.05) is 46.3 Å². The number of carbonyl (C=O) groups is 1. The van der Waals surface area contributed by atoms with Crippen LogP contribution in [0, 0.1) is 6.92 Å². The van der Waals surface area contributed by atoms with Crippen LogP contribution in [0.5, 0.6) is 0 Å². The molecule has 6 rings (SSSR count). The number of aromatic amines is 1. The number of hydrogen-bond donors (Lipinski definition) is 1. The number of anilines is 1. The molecule has 1 fully saturated rings. The van der Waals surface area contributed by atoms with E-state index in [0.717, 1.165) is 58.5 Å². The first kappa shape index (κ1) is 25.5. The van der Waals surface area contributed by atoms with E-state index >= 15 is 0 Å². The lowest BCUT2D eigenvalue weighted by molar-refractivity contribution is -0.159. The van der Waals surface area contributed by atoms with E-state index in [1.165, 1.54) is 5.57 Å². The molecule has 0 radical (unpaired) electrons. The topological polar surface area (TPSA) is 80.3 Å². The molecule has 1 saturated heterocycles. The number of rotatable bonds is 4. The summed E-state index contributed by atoms with van der Waals surface area (Å²) in [6, 6.07) is 17.7. The van der Waals surface area contributed by atoms with Crippen molar-refractivity contribution in [2.45, 2.75) is 58.3 Å². The molecule has 2 aliphatic rings. The second-order valence-electron chi connectivity index (χ2n) is 11.3. The Morgan fingerprint density at radius 1 is 1.03 bits per heavy atom. The lowest BCUT2D eigenvalue weighted by Crippen LogP contribution is -2.46. The van der Waals surface area contributed by atoms with E-state index in [9.17, 15) is 4.79 Å². The minimum absolute atomic E-state index is 0.0302. The molecule has 0 saturated carbocycles. The zero-order valence-electron chi connectivity index (χ0n) is 23.0. The average molecular weight is 523 g/mol. The van der Waals surface area contributed by atoms with Gasteiger partial charge in [0.25, 0.3) is 5.91 Å². The first-order chi connectivity index (χ1) is 18.8. The van der Waals surface area contributed by atoms with E-state index in [1.54, 1.807) is 6.33 Å². The number of aromatic nitrogens is 3. The highest BCUT2D eigenvalue weighted by Crippen LogP contribution is 2.40. The van der Waals surface area contributed by atoms with Gasteiger partial charge in [-0.15, -0.1) is 0 Å². The molecule has 0 atom stereocenters. The molecule has 1 aliphatic heterocycles. The van der Waals surface area contributed by atoms with Crippen LogP contribution in [0.2, 0.25) is 0 Å². The molecule has 0 unspecified atom stereocenters. The molecule has 0 bridgehead atoms. The molecular weight excluding hydrogens is 488 g/mol. The fraction of sp³-hybridized carbons (Fsp3) is 0.344. The predicted octanol–water partition coefficient (Wildman–Crippen LogP) is 6.69. The summed E-state index contributed by atoms with van der Waals surface area (Å²) in [7, 11) is 0. The minimum Gasteiger partial charge on any atom is -0.347 e. The first-order valence-electron chi connectivity index (χ1n) is 13.6. The van der Waals surface area contributed by atoms with Gasteiger partial charge in [0.05, 0.1) is 18.9 Å². The normalized spacial score (nSPS) is 17.0. The highest BCUT2D eigenvalue weighted by Gasteiger charge is 2.38. The summed E-state index contributed by atoms with van der Waals surface area (Å²) in [6.07, 6.45) is 6.27. The largest absolute Gasteiger partial charge is 0.347 e. The second-order valence-corrected chi connectivity index (χ2v) is 11.3. The van der Waals surface area contributed by atoms with Crippen LogP contribution < -0.4 is 4.90 Å². The smallest absolute Gasteiger partial charge is 0.258 e. The van der Waals surface area contributed by atoms with Crippen LogP contribution in [-0.4, -0.2) is 45.4 Å². The molecule has 4 aromatic rings. The van der Waals surface area contributed by atoms with E-state index < -0.39 is 11.3 Å². The summed E-state index contributed by atoms with van der Waals surface area (Å²) < 4.78 is 11.8. The maximum atomic E-state index is 13.7. The van der Waals surface area contributed by atoms with Gasteiger partial charge in [-0.05, 0) is 69.5 Å². The van der Waals surface area contributed by atoms with Crippen molar-refractivity contribution in [1.82, 2.24) is 15.0 Å². The Morgan fingerprint density at radius 2 is 1.79 bits per heavy atom. The Bertz CT molecular complexity index is 1560. The Morgan fingerprint density at radius 3 is 2.49 bits per heavy atom. The SMILES string of the molecule is Cc1c(-c2ncnc3[nH]c(C4=CCC5(CC4)OCCO5)cc23)cccc1N(C(=O)c1ccccc1)C(C)(C)C. The second kappa shape index (κ2) is 9.74. The van der Waals surface area contributed by atoms with Gasteiger partial charge in [-0.3, -0.25) is 4.79 Å². The fourth-order valence-electron chi connectivity index (χ4n) is 5.75. The Kier molecular flexibility index (Phi) is 6.36. The van der Waals surface area contributed by atoms with Crippen LogP contribution >= 0.6 is 0 Å². The number of nitrogens with zero attached hydrogens (tertiary/aromatic N) is 3. The number of allylic oxidation sites excluding steroid dienone is 1. The maximum absolute atomic E-state index is 13.7. The molecule has 7 nitrogen and oxygen atoms in total. The lowest BCUT2D eigenvalue weighted by Gasteiger charge is -2.37. The quantitative estimate of drug-likeness (QED) is 0.323. The van der Waals surface area contributed by atoms with Crippen molar-refractivity contribution in [3.63, 3.8) is 0 Å². The van der Waals surface area contributed by atoms with Crippen LogP contribution in [0.15, 0.2) is 67.0 Å². The van der Waals surface area contributed by atoms with Gasteiger partial charge in [0.15, 0.2) is 5.79 Å². The summed E-state index contributed by atoms with van der Waals surface area (Å²) in [5.41, 5.74) is 6.99. The van der Waals surface area contributed by atoms with Crippen molar-refractivity contribution in [3.8, 4) is 11.3 Å². The third kappa shape index (κ3) is 4.66. The number of fused-ring (bicyclic) bond motifs is 1. The van der Waals surface area contributed by atoms with Crippen molar-refractivity contribution in [2.24, 2.45) is 0 Å². The fourth-order valence-corrected chi connectivity index (χ4v) is 5.75. The number of benzene rings is 2. The van der Waals surface area contributed by atoms with Gasteiger partial charge < -0.3 is 19.4 Å². The predicted molar refractivity (Wildman–Crippen MR) is 154 cm³/mol. The van der Waals surface area contributed by atoms with Gasteiger partial charge in [0.2, 0.25) is 0 Å². The molecule has 1 N–H and O–H groups in total. The molecule has 1 amide bonds. The summed E-state index contributed by atoms with van der Waals surface area (Å²) in [4.78, 5) is 28.4. The zero-order chi connectivity index (χ0) is 27.2. The van der Waals surface area contributed by atoms with Crippen molar-refractivity contribution in [3.05, 3.63) is 83.8 Å². The van der Waals surface area contributed by atoms with E-state index in [1.807, 2.05) is 47.4 Å². The number of carbonyl (C=O) groups excluding carboxylic acids is 1. The summed E-state index contributed by atoms with van der Waals surface area (Å²) in [5.74, 6) is -0.480. The van der Waals surface area contributed by atoms with E-state index in [0.29, 0.717) is 18.8 Å². The highest BCUT2D eigenvalue weighted by atomic mass is 16.7. The maximum Gasteiger partial charge on any atom is 0.258 e. The van der Waals surface area contributed by atoms with Gasteiger partial charge in [-0.1, -0.05) is 36.4 Å². The summed E-state index contributed by atoms with van der Waals surface area (Å²) >= 11 is 0. The molecule has 3 heterocycles. The van der Waals surface area contributed by atoms with Crippen molar-refractivity contribution in [1.29, 1.82) is 0 Å². The van der Waals surface area contributed by atoms with Crippen LogP contribution in [0.1, 0.15) is 61.6 Å². The number of hydrogen-bond acceptors (Lipinski definition) is 5. The summed E-state index contributed by atoms with van der Waals surface area (Å²) in [5, 5.41) is 0.957. The standard InChI is InChI=1S/C32H34N4O3/c1-21-24(11-8-12-27(21)36(31(2,3)4)30(37)23-9-6-5-7-10-23)28-25-19-26(35-29(25)34-20-33-28)22-13-15-32(16-14-22)38-17-18-39-32/h5-13,19-20H,14-18H2,1-4H3,(H,33,34,35). The number of ether oxygens (including phenoxy) is 2. The van der Waals surface area contributed by atoms with E-state index in [2.05, 4.69) is 55.9 Å². The molecule has 200 valence electrons. The van der Waals surface area contributed by atoms with E-state index in [4.69, 9.17) is 14.5 Å². The molecule has 2 aromatic carbocycles. The lowest BCUT2D eigenvalue weighted by atomic mass is 9.92. The number of H-pyrrole nitrogens is 1. The minimum atomic E-state index is -0.450. The van der Waals surface area contributed by atoms with Crippen LogP contribution in [0.3, 0.4) is 0 Å². The molecular formula is C32H34N4O3. The van der Waals surface area contributed by atoms with Crippen LogP contribution in [0.4, 0.5) is 5.69 Å². The van der Waals surface area contributed by atoms with Crippen molar-refractivity contribution < 1.29 is 14.3 Å². The Labute approximate surface area is 228 Å². The number of nitrogens with one attached hydrogen (secondary N) is 1. The molecule has 39 heavy (non-hydrogen) atoms. The van der Waals surface area contributed by atoms with Crippen molar-refractivity contribution >= 4 is 28.2 Å². The van der Waals surface area contributed by atoms with Gasteiger partial charge in [0.1, 0.15) is 12.0 Å². The average Bonchev–Trinajstić information content (AvgIpc) is 3.57. The third-order valence-electron chi connectivity index (χ3n) is 7.72. The third-order valence-corrected chi connectivity index (χ3v) is 7.72. The molecule has 1 spiro atoms. The zero-order valence-corrected chi connectivity index (χ0v) is 23.0. The molecule has 2 aromatic heterocycles. The molecule has 7 heteroatoms.